The summed E-state index contributed by atoms with van der Waals surface area (Å²) in [5, 5.41) is 17.1. The molecule has 2 N–H and O–H groups in total. The van der Waals surface area contributed by atoms with Gasteiger partial charge in [-0.15, -0.1) is 0 Å². The zero-order valence-electron chi connectivity index (χ0n) is 16.6. The summed E-state index contributed by atoms with van der Waals surface area (Å²) in [4.78, 5) is 23.0. The van der Waals surface area contributed by atoms with Gasteiger partial charge in [0, 0.05) is 24.0 Å². The summed E-state index contributed by atoms with van der Waals surface area (Å²) in [6, 6.07) is 9.73. The molecule has 10 heteroatoms. The van der Waals surface area contributed by atoms with Crippen LogP contribution in [-0.2, 0) is 0 Å². The quantitative estimate of drug-likeness (QED) is 0.427. The van der Waals surface area contributed by atoms with E-state index in [-0.39, 0.29) is 5.75 Å². The molecule has 2 aromatic carbocycles. The van der Waals surface area contributed by atoms with Gasteiger partial charge in [-0.05, 0) is 55.2 Å². The Morgan fingerprint density at radius 3 is 2.35 bits per heavy atom. The fourth-order valence-corrected chi connectivity index (χ4v) is 3.46. The highest BCUT2D eigenvalue weighted by Gasteiger charge is 2.29. The summed E-state index contributed by atoms with van der Waals surface area (Å²) in [6.45, 7) is -0.691. The third kappa shape index (κ3) is 6.59. The Morgan fingerprint density at radius 1 is 1.10 bits per heavy atom. The smallest absolute Gasteiger partial charge is 0.422 e. The molecule has 3 rings (SSSR count). The Labute approximate surface area is 176 Å². The largest absolute Gasteiger partial charge is 0.484 e. The molecule has 1 fully saturated rings. The number of nitro groups is 1. The van der Waals surface area contributed by atoms with Crippen LogP contribution in [0.2, 0.25) is 0 Å². The number of alkyl halides is 3. The van der Waals surface area contributed by atoms with Gasteiger partial charge in [0.2, 0.25) is 0 Å². The Bertz CT molecular complexity index is 926. The Balaban J connectivity index is 1.67. The predicted molar refractivity (Wildman–Crippen MR) is 109 cm³/mol. The number of carbonyl (C=O) groups is 1. The van der Waals surface area contributed by atoms with Gasteiger partial charge in [0.1, 0.15) is 11.3 Å². The van der Waals surface area contributed by atoms with Crippen molar-refractivity contribution in [1.82, 2.24) is 0 Å². The standard InChI is InChI=1S/C21H22F3N3O4/c22-21(23,24)13-31-17-9-10-19(27(29)30)18(11-17)20(28)26-16-7-5-15(6-8-16)25-12-14-3-1-2-4-14/h5-11,14,25H,1-4,12-13H2,(H,26,28). The van der Waals surface area contributed by atoms with Gasteiger partial charge in [-0.25, -0.2) is 0 Å². The average Bonchev–Trinajstić information content (AvgIpc) is 3.24. The van der Waals surface area contributed by atoms with Crippen LogP contribution in [0.25, 0.3) is 0 Å². The molecular formula is C21H22F3N3O4. The molecule has 1 aliphatic carbocycles. The minimum absolute atomic E-state index is 0.292. The van der Waals surface area contributed by atoms with Crippen LogP contribution in [0.4, 0.5) is 30.2 Å². The molecule has 0 heterocycles. The maximum absolute atomic E-state index is 12.6. The minimum atomic E-state index is -4.57. The molecule has 166 valence electrons. The molecule has 0 unspecified atom stereocenters. The number of anilines is 2. The summed E-state index contributed by atoms with van der Waals surface area (Å²) < 4.78 is 41.7. The number of ether oxygens (including phenoxy) is 1. The van der Waals surface area contributed by atoms with Gasteiger partial charge in [-0.3, -0.25) is 14.9 Å². The lowest BCUT2D eigenvalue weighted by Gasteiger charge is -2.13. The second-order valence-corrected chi connectivity index (χ2v) is 7.40. The molecule has 1 amide bonds. The van der Waals surface area contributed by atoms with E-state index in [9.17, 15) is 28.1 Å². The molecular weight excluding hydrogens is 415 g/mol. The highest BCUT2D eigenvalue weighted by molar-refractivity contribution is 6.07. The topological polar surface area (TPSA) is 93.5 Å². The maximum Gasteiger partial charge on any atom is 0.422 e. The number of nitro benzene ring substituents is 1. The van der Waals surface area contributed by atoms with E-state index in [1.54, 1.807) is 24.3 Å². The molecule has 0 saturated heterocycles. The minimum Gasteiger partial charge on any atom is -0.484 e. The summed E-state index contributed by atoms with van der Waals surface area (Å²) in [6.07, 6.45) is 0.368. The zero-order valence-corrected chi connectivity index (χ0v) is 16.6. The molecule has 2 aromatic rings. The first-order chi connectivity index (χ1) is 14.7. The van der Waals surface area contributed by atoms with Crippen molar-refractivity contribution < 1.29 is 27.6 Å². The van der Waals surface area contributed by atoms with Crippen LogP contribution >= 0.6 is 0 Å². The number of rotatable bonds is 8. The normalized spacial score (nSPS) is 14.3. The number of hydrogen-bond donors (Lipinski definition) is 2. The van der Waals surface area contributed by atoms with E-state index in [0.29, 0.717) is 11.6 Å². The first kappa shape index (κ1) is 22.4. The van der Waals surface area contributed by atoms with Crippen molar-refractivity contribution in [2.75, 3.05) is 23.8 Å². The molecule has 7 nitrogen and oxygen atoms in total. The van der Waals surface area contributed by atoms with Crippen LogP contribution in [0.1, 0.15) is 36.0 Å². The van der Waals surface area contributed by atoms with Crippen molar-refractivity contribution in [1.29, 1.82) is 0 Å². The molecule has 0 aromatic heterocycles. The number of nitrogens with zero attached hydrogens (tertiary/aromatic N) is 1. The molecule has 1 aliphatic rings. The SMILES string of the molecule is O=C(Nc1ccc(NCC2CCCC2)cc1)c1cc(OCC(F)(F)F)ccc1[N+](=O)[O-]. The van der Waals surface area contributed by atoms with Crippen LogP contribution in [0.3, 0.4) is 0 Å². The first-order valence-electron chi connectivity index (χ1n) is 9.84. The van der Waals surface area contributed by atoms with E-state index >= 15 is 0 Å². The fraction of sp³-hybridized carbons (Fsp3) is 0.381. The van der Waals surface area contributed by atoms with E-state index < -0.39 is 34.9 Å². The number of hydrogen-bond acceptors (Lipinski definition) is 5. The van der Waals surface area contributed by atoms with Crippen molar-refractivity contribution in [2.24, 2.45) is 5.92 Å². The third-order valence-electron chi connectivity index (χ3n) is 5.02. The lowest BCUT2D eigenvalue weighted by atomic mass is 10.1. The lowest BCUT2D eigenvalue weighted by Crippen LogP contribution is -2.20. The Kier molecular flexibility index (Phi) is 6.98. The number of amides is 1. The van der Waals surface area contributed by atoms with Crippen molar-refractivity contribution >= 4 is 23.0 Å². The average molecular weight is 437 g/mol. The van der Waals surface area contributed by atoms with E-state index in [4.69, 9.17) is 0 Å². The van der Waals surface area contributed by atoms with Gasteiger partial charge in [-0.1, -0.05) is 12.8 Å². The van der Waals surface area contributed by atoms with Crippen LogP contribution in [0.15, 0.2) is 42.5 Å². The van der Waals surface area contributed by atoms with Gasteiger partial charge in [0.25, 0.3) is 11.6 Å². The number of benzene rings is 2. The van der Waals surface area contributed by atoms with Gasteiger partial charge in [0.15, 0.2) is 6.61 Å². The second kappa shape index (κ2) is 9.67. The summed E-state index contributed by atoms with van der Waals surface area (Å²) >= 11 is 0. The van der Waals surface area contributed by atoms with Gasteiger partial charge in [0.05, 0.1) is 4.92 Å². The molecule has 0 aliphatic heterocycles. The highest BCUT2D eigenvalue weighted by atomic mass is 19.4. The fourth-order valence-electron chi connectivity index (χ4n) is 3.46. The first-order valence-corrected chi connectivity index (χ1v) is 9.84. The number of nitrogens with one attached hydrogen (secondary N) is 2. The molecule has 0 atom stereocenters. The maximum atomic E-state index is 12.6. The van der Waals surface area contributed by atoms with Crippen LogP contribution in [0, 0.1) is 16.0 Å². The van der Waals surface area contributed by atoms with Crippen molar-refractivity contribution in [3.8, 4) is 5.75 Å². The molecule has 0 radical (unpaired) electrons. The summed E-state index contributed by atoms with van der Waals surface area (Å²) in [5.74, 6) is -0.456. The molecule has 0 spiro atoms. The van der Waals surface area contributed by atoms with E-state index in [2.05, 4.69) is 15.4 Å². The van der Waals surface area contributed by atoms with Crippen molar-refractivity contribution in [3.63, 3.8) is 0 Å². The van der Waals surface area contributed by atoms with Crippen molar-refractivity contribution in [3.05, 3.63) is 58.1 Å². The zero-order chi connectivity index (χ0) is 22.4. The van der Waals surface area contributed by atoms with Crippen molar-refractivity contribution in [2.45, 2.75) is 31.9 Å². The van der Waals surface area contributed by atoms with Gasteiger partial charge >= 0.3 is 6.18 Å². The lowest BCUT2D eigenvalue weighted by molar-refractivity contribution is -0.385. The predicted octanol–water partition coefficient (Wildman–Crippen LogP) is 5.39. The monoisotopic (exact) mass is 437 g/mol. The van der Waals surface area contributed by atoms with E-state index in [0.717, 1.165) is 30.4 Å². The summed E-state index contributed by atoms with van der Waals surface area (Å²) in [7, 11) is 0. The Morgan fingerprint density at radius 2 is 1.74 bits per heavy atom. The summed E-state index contributed by atoms with van der Waals surface area (Å²) in [5.41, 5.74) is 0.352. The van der Waals surface area contributed by atoms with Gasteiger partial charge in [-0.2, -0.15) is 13.2 Å². The molecule has 1 saturated carbocycles. The van der Waals surface area contributed by atoms with Crippen LogP contribution in [-0.4, -0.2) is 30.2 Å². The van der Waals surface area contributed by atoms with E-state index in [1.807, 2.05) is 0 Å². The van der Waals surface area contributed by atoms with Crippen LogP contribution in [0.5, 0.6) is 5.75 Å². The Hall–Kier alpha value is -3.30. The van der Waals surface area contributed by atoms with Gasteiger partial charge < -0.3 is 15.4 Å². The second-order valence-electron chi connectivity index (χ2n) is 7.40. The number of halogens is 3. The number of carbonyl (C=O) groups excluding carboxylic acids is 1. The van der Waals surface area contributed by atoms with E-state index in [1.165, 1.54) is 25.7 Å². The highest BCUT2D eigenvalue weighted by Crippen LogP contribution is 2.28. The molecule has 31 heavy (non-hydrogen) atoms. The van der Waals surface area contributed by atoms with Crippen LogP contribution < -0.4 is 15.4 Å². The third-order valence-corrected chi connectivity index (χ3v) is 5.02. The molecule has 0 bridgehead atoms.